The Labute approximate surface area is 173 Å². The van der Waals surface area contributed by atoms with Gasteiger partial charge < -0.3 is 9.47 Å². The number of rotatable bonds is 6. The zero-order chi connectivity index (χ0) is 21.0. The van der Waals surface area contributed by atoms with Crippen LogP contribution in [0.2, 0.25) is 5.02 Å². The lowest BCUT2D eigenvalue weighted by Gasteiger charge is -2.07. The fraction of sp³-hybridized carbons (Fsp3) is 0.158. The van der Waals surface area contributed by atoms with Crippen LogP contribution in [-0.4, -0.2) is 25.4 Å². The molecule has 0 atom stereocenters. The summed E-state index contributed by atoms with van der Waals surface area (Å²) in [7, 11) is 3.02. The maximum atomic E-state index is 13.4. The average Bonchev–Trinajstić information content (AvgIpc) is 3.13. The van der Waals surface area contributed by atoms with E-state index in [0.717, 1.165) is 11.3 Å². The number of benzene rings is 2. The van der Waals surface area contributed by atoms with Gasteiger partial charge in [-0.1, -0.05) is 35.1 Å². The molecule has 1 aromatic heterocycles. The molecule has 0 fully saturated rings. The van der Waals surface area contributed by atoms with Gasteiger partial charge in [-0.05, 0) is 41.5 Å². The zero-order valence-corrected chi connectivity index (χ0v) is 16.8. The molecule has 1 N–H and O–H groups in total. The van der Waals surface area contributed by atoms with Crippen LogP contribution in [0, 0.1) is 0 Å². The van der Waals surface area contributed by atoms with Crippen LogP contribution >= 0.6 is 22.9 Å². The van der Waals surface area contributed by atoms with E-state index in [2.05, 4.69) is 15.5 Å². The Hall–Kier alpha value is -2.78. The van der Waals surface area contributed by atoms with Crippen molar-refractivity contribution in [2.24, 2.45) is 5.10 Å². The Kier molecular flexibility index (Phi) is 6.29. The highest BCUT2D eigenvalue weighted by Crippen LogP contribution is 2.42. The van der Waals surface area contributed by atoms with Crippen LogP contribution < -0.4 is 14.9 Å². The molecule has 5 nitrogen and oxygen atoms in total. The number of hydrazone groups is 1. The number of aromatic nitrogens is 1. The molecule has 0 aliphatic carbocycles. The van der Waals surface area contributed by atoms with E-state index < -0.39 is 11.9 Å². The lowest BCUT2D eigenvalue weighted by molar-refractivity contribution is -0.140. The fourth-order valence-electron chi connectivity index (χ4n) is 2.45. The van der Waals surface area contributed by atoms with Gasteiger partial charge in [0, 0.05) is 5.02 Å². The summed E-state index contributed by atoms with van der Waals surface area (Å²) >= 11 is 6.67. The molecular formula is C19H15ClF3N3O2S. The second kappa shape index (κ2) is 8.71. The molecule has 10 heteroatoms. The van der Waals surface area contributed by atoms with Crippen LogP contribution in [0.3, 0.4) is 0 Å². The van der Waals surface area contributed by atoms with Crippen LogP contribution in [0.5, 0.6) is 11.5 Å². The van der Waals surface area contributed by atoms with Crippen molar-refractivity contribution in [3.05, 3.63) is 58.7 Å². The van der Waals surface area contributed by atoms with E-state index >= 15 is 0 Å². The van der Waals surface area contributed by atoms with Gasteiger partial charge in [0.15, 0.2) is 17.2 Å². The summed E-state index contributed by atoms with van der Waals surface area (Å²) in [6.45, 7) is 0. The second-order valence-electron chi connectivity index (χ2n) is 5.69. The lowest BCUT2D eigenvalue weighted by atomic mass is 10.1. The van der Waals surface area contributed by atoms with Crippen LogP contribution in [-0.2, 0) is 6.18 Å². The topological polar surface area (TPSA) is 55.7 Å². The van der Waals surface area contributed by atoms with Crippen molar-refractivity contribution in [3.8, 4) is 21.9 Å². The highest BCUT2D eigenvalue weighted by molar-refractivity contribution is 7.19. The van der Waals surface area contributed by atoms with Crippen molar-refractivity contribution >= 4 is 34.3 Å². The van der Waals surface area contributed by atoms with E-state index in [-0.39, 0.29) is 10.0 Å². The minimum atomic E-state index is -4.60. The van der Waals surface area contributed by atoms with Crippen LogP contribution in [0.4, 0.5) is 18.3 Å². The maximum absolute atomic E-state index is 13.4. The number of hydrogen-bond donors (Lipinski definition) is 1. The van der Waals surface area contributed by atoms with E-state index in [1.165, 1.54) is 44.7 Å². The van der Waals surface area contributed by atoms with Gasteiger partial charge in [0.2, 0.25) is 5.13 Å². The molecule has 152 valence electrons. The quantitative estimate of drug-likeness (QED) is 0.379. The van der Waals surface area contributed by atoms with Gasteiger partial charge in [-0.25, -0.2) is 4.98 Å². The van der Waals surface area contributed by atoms with Crippen molar-refractivity contribution in [1.29, 1.82) is 0 Å². The molecule has 0 saturated carbocycles. The summed E-state index contributed by atoms with van der Waals surface area (Å²) in [5.41, 5.74) is 2.61. The monoisotopic (exact) mass is 441 g/mol. The van der Waals surface area contributed by atoms with E-state index in [1.807, 2.05) is 0 Å². The summed E-state index contributed by atoms with van der Waals surface area (Å²) < 4.78 is 50.5. The first-order valence-corrected chi connectivity index (χ1v) is 9.36. The third-order valence-corrected chi connectivity index (χ3v) is 5.04. The van der Waals surface area contributed by atoms with Crippen LogP contribution in [0.15, 0.2) is 47.6 Å². The molecule has 0 spiro atoms. The number of nitrogens with one attached hydrogen (secondary N) is 1. The predicted molar refractivity (Wildman–Crippen MR) is 108 cm³/mol. The summed E-state index contributed by atoms with van der Waals surface area (Å²) in [5, 5.41) is 4.42. The molecule has 0 radical (unpaired) electrons. The second-order valence-corrected chi connectivity index (χ2v) is 7.12. The van der Waals surface area contributed by atoms with E-state index in [0.29, 0.717) is 27.6 Å². The van der Waals surface area contributed by atoms with Crippen molar-refractivity contribution in [1.82, 2.24) is 4.98 Å². The van der Waals surface area contributed by atoms with Crippen molar-refractivity contribution in [3.63, 3.8) is 0 Å². The van der Waals surface area contributed by atoms with Gasteiger partial charge in [0.05, 0.1) is 25.3 Å². The van der Waals surface area contributed by atoms with Crippen molar-refractivity contribution in [2.75, 3.05) is 19.6 Å². The molecule has 0 amide bonds. The molecule has 2 aromatic carbocycles. The Balaban J connectivity index is 1.84. The smallest absolute Gasteiger partial charge is 0.434 e. The third-order valence-electron chi connectivity index (χ3n) is 3.78. The van der Waals surface area contributed by atoms with Crippen LogP contribution in [0.1, 0.15) is 11.3 Å². The number of thiazole rings is 1. The summed E-state index contributed by atoms with van der Waals surface area (Å²) in [5.74, 6) is 1.06. The number of ether oxygens (including phenoxy) is 2. The maximum Gasteiger partial charge on any atom is 0.434 e. The number of alkyl halides is 3. The van der Waals surface area contributed by atoms with Gasteiger partial charge >= 0.3 is 6.18 Å². The average molecular weight is 442 g/mol. The largest absolute Gasteiger partial charge is 0.493 e. The van der Waals surface area contributed by atoms with E-state index in [1.54, 1.807) is 18.2 Å². The van der Waals surface area contributed by atoms with E-state index in [4.69, 9.17) is 21.1 Å². The van der Waals surface area contributed by atoms with Gasteiger partial charge in [-0.2, -0.15) is 18.3 Å². The highest BCUT2D eigenvalue weighted by atomic mass is 35.5. The molecule has 0 unspecified atom stereocenters. The first kappa shape index (κ1) is 20.9. The zero-order valence-electron chi connectivity index (χ0n) is 15.2. The highest BCUT2D eigenvalue weighted by Gasteiger charge is 2.38. The molecule has 3 rings (SSSR count). The normalized spacial score (nSPS) is 11.7. The number of methoxy groups -OCH3 is 2. The Morgan fingerprint density at radius 2 is 1.76 bits per heavy atom. The minimum Gasteiger partial charge on any atom is -0.493 e. The van der Waals surface area contributed by atoms with Crippen molar-refractivity contribution in [2.45, 2.75) is 6.18 Å². The summed E-state index contributed by atoms with van der Waals surface area (Å²) in [6, 6.07) is 11.2. The molecule has 3 aromatic rings. The van der Waals surface area contributed by atoms with Gasteiger partial charge in [0.1, 0.15) is 0 Å². The Morgan fingerprint density at radius 1 is 1.07 bits per heavy atom. The molecule has 1 heterocycles. The van der Waals surface area contributed by atoms with Gasteiger partial charge in [-0.3, -0.25) is 5.43 Å². The number of nitrogens with zero attached hydrogens (tertiary/aromatic N) is 2. The van der Waals surface area contributed by atoms with Crippen LogP contribution in [0.25, 0.3) is 10.4 Å². The molecular weight excluding hydrogens is 427 g/mol. The first-order chi connectivity index (χ1) is 13.8. The Morgan fingerprint density at radius 3 is 2.38 bits per heavy atom. The lowest BCUT2D eigenvalue weighted by Crippen LogP contribution is -2.07. The third kappa shape index (κ3) is 4.99. The number of halogens is 4. The van der Waals surface area contributed by atoms with Gasteiger partial charge in [-0.15, -0.1) is 0 Å². The Bertz CT molecular complexity index is 1020. The predicted octanol–water partition coefficient (Wildman–Crippen LogP) is 5.95. The fourth-order valence-corrected chi connectivity index (χ4v) is 3.52. The molecule has 0 saturated heterocycles. The summed E-state index contributed by atoms with van der Waals surface area (Å²) in [6.07, 6.45) is -3.16. The first-order valence-electron chi connectivity index (χ1n) is 8.17. The van der Waals surface area contributed by atoms with E-state index in [9.17, 15) is 13.2 Å². The number of hydrogen-bond acceptors (Lipinski definition) is 6. The van der Waals surface area contributed by atoms with Gasteiger partial charge in [0.25, 0.3) is 0 Å². The molecule has 0 aliphatic heterocycles. The number of anilines is 1. The minimum absolute atomic E-state index is 0.0130. The molecule has 0 aliphatic rings. The standard InChI is InChI=1S/C19H15ClF3N3O2S/c1-27-14-8-3-11(9-15(14)28-2)10-24-26-18-25-17(19(21,22)23)16(29-18)12-4-6-13(20)7-5-12/h3-10H,1-2H3,(H,25,26)/b24-10-. The SMILES string of the molecule is COc1ccc(/C=N\Nc2nc(C(F)(F)F)c(-c3ccc(Cl)cc3)s2)cc1OC. The molecule has 29 heavy (non-hydrogen) atoms. The van der Waals surface area contributed by atoms with Crippen molar-refractivity contribution < 1.29 is 22.6 Å². The summed E-state index contributed by atoms with van der Waals surface area (Å²) in [4.78, 5) is 3.65. The molecule has 0 bridgehead atoms.